The summed E-state index contributed by atoms with van der Waals surface area (Å²) < 4.78 is 0. The van der Waals surface area contributed by atoms with Gasteiger partial charge in [-0.25, -0.2) is 0 Å². The first kappa shape index (κ1) is 16.2. The molecule has 0 aliphatic heterocycles. The van der Waals surface area contributed by atoms with Gasteiger partial charge in [0.2, 0.25) is 6.41 Å². The van der Waals surface area contributed by atoms with Crippen molar-refractivity contribution in [1.82, 2.24) is 0 Å². The second kappa shape index (κ2) is 6.43. The zero-order valence-corrected chi connectivity index (χ0v) is 13.6. The summed E-state index contributed by atoms with van der Waals surface area (Å²) in [6.45, 7) is 1.71. The lowest BCUT2D eigenvalue weighted by molar-refractivity contribution is -0.385. The molecule has 2 aromatic rings. The molecule has 0 unspecified atom stereocenters. The predicted octanol–water partition coefficient (Wildman–Crippen LogP) is 4.34. The van der Waals surface area contributed by atoms with Crippen molar-refractivity contribution in [3.8, 4) is 0 Å². The predicted molar refractivity (Wildman–Crippen MR) is 93.0 cm³/mol. The molecule has 0 aromatic heterocycles. The van der Waals surface area contributed by atoms with Gasteiger partial charge in [0.1, 0.15) is 0 Å². The van der Waals surface area contributed by atoms with Crippen molar-refractivity contribution in [2.24, 2.45) is 0 Å². The van der Waals surface area contributed by atoms with Gasteiger partial charge >= 0.3 is 0 Å². The average molecular weight is 324 g/mol. The van der Waals surface area contributed by atoms with Crippen LogP contribution in [-0.4, -0.2) is 11.3 Å². The molecule has 0 atom stereocenters. The summed E-state index contributed by atoms with van der Waals surface area (Å²) in [6, 6.07) is 14.9. The number of anilines is 1. The van der Waals surface area contributed by atoms with E-state index in [1.165, 1.54) is 6.07 Å². The first-order valence-corrected chi connectivity index (χ1v) is 8.14. The van der Waals surface area contributed by atoms with Gasteiger partial charge in [-0.1, -0.05) is 49.2 Å². The molecule has 1 aliphatic carbocycles. The Hall–Kier alpha value is -2.69. The number of nitro groups is 1. The van der Waals surface area contributed by atoms with Crippen LogP contribution in [0.15, 0.2) is 48.5 Å². The first-order chi connectivity index (χ1) is 11.6. The summed E-state index contributed by atoms with van der Waals surface area (Å²) in [5, 5.41) is 11.3. The van der Waals surface area contributed by atoms with Gasteiger partial charge < -0.3 is 4.90 Å². The molecule has 0 radical (unpaired) electrons. The molecule has 0 N–H and O–H groups in total. The van der Waals surface area contributed by atoms with Gasteiger partial charge in [-0.15, -0.1) is 0 Å². The molecule has 0 heterocycles. The molecule has 0 spiro atoms. The van der Waals surface area contributed by atoms with Crippen LogP contribution >= 0.6 is 0 Å². The molecule has 124 valence electrons. The van der Waals surface area contributed by atoms with Crippen LogP contribution in [0.25, 0.3) is 0 Å². The van der Waals surface area contributed by atoms with Crippen LogP contribution in [0.5, 0.6) is 0 Å². The number of nitro benzene ring substituents is 1. The molecule has 1 saturated carbocycles. The van der Waals surface area contributed by atoms with Gasteiger partial charge in [-0.05, 0) is 31.4 Å². The maximum Gasteiger partial charge on any atom is 0.274 e. The molecule has 0 bridgehead atoms. The molecule has 5 nitrogen and oxygen atoms in total. The van der Waals surface area contributed by atoms with E-state index in [2.05, 4.69) is 0 Å². The summed E-state index contributed by atoms with van der Waals surface area (Å²) >= 11 is 0. The molecule has 1 fully saturated rings. The molecule has 1 aliphatic rings. The molecular formula is C19H20N2O3. The van der Waals surface area contributed by atoms with E-state index >= 15 is 0 Å². The monoisotopic (exact) mass is 324 g/mol. The Kier molecular flexibility index (Phi) is 4.34. The van der Waals surface area contributed by atoms with Crippen molar-refractivity contribution in [3.05, 3.63) is 69.8 Å². The van der Waals surface area contributed by atoms with E-state index in [9.17, 15) is 14.9 Å². The van der Waals surface area contributed by atoms with Crippen LogP contribution in [0.1, 0.15) is 36.8 Å². The van der Waals surface area contributed by atoms with Crippen LogP contribution < -0.4 is 4.90 Å². The number of benzene rings is 2. The number of amides is 1. The Labute approximate surface area is 141 Å². The first-order valence-electron chi connectivity index (χ1n) is 8.14. The standard InChI is InChI=1S/C19H20N2O3/c1-15-17(10-7-11-18(15)21(23)24)20(14-22)19(12-5-6-13-19)16-8-3-2-4-9-16/h2-4,7-11,14H,5-6,12-13H2,1H3. The Morgan fingerprint density at radius 2 is 1.75 bits per heavy atom. The van der Waals surface area contributed by atoms with Gasteiger partial charge in [-0.2, -0.15) is 0 Å². The Morgan fingerprint density at radius 1 is 1.08 bits per heavy atom. The number of hydrogen-bond acceptors (Lipinski definition) is 3. The van der Waals surface area contributed by atoms with E-state index in [0.717, 1.165) is 37.7 Å². The maximum absolute atomic E-state index is 12.1. The molecule has 3 rings (SSSR count). The van der Waals surface area contributed by atoms with E-state index in [1.54, 1.807) is 24.0 Å². The van der Waals surface area contributed by atoms with E-state index in [0.29, 0.717) is 11.3 Å². The molecule has 24 heavy (non-hydrogen) atoms. The van der Waals surface area contributed by atoms with Gasteiger partial charge in [0.25, 0.3) is 5.69 Å². The highest BCUT2D eigenvalue weighted by Crippen LogP contribution is 2.46. The number of carbonyl (C=O) groups excluding carboxylic acids is 1. The summed E-state index contributed by atoms with van der Waals surface area (Å²) in [5.41, 5.74) is 1.84. The van der Waals surface area contributed by atoms with Crippen LogP contribution in [0, 0.1) is 17.0 Å². The van der Waals surface area contributed by atoms with Crippen LogP contribution in [0.2, 0.25) is 0 Å². The van der Waals surface area contributed by atoms with E-state index < -0.39 is 10.5 Å². The molecular weight excluding hydrogens is 304 g/mol. The molecule has 1 amide bonds. The summed E-state index contributed by atoms with van der Waals surface area (Å²) in [4.78, 5) is 24.6. The summed E-state index contributed by atoms with van der Waals surface area (Å²) in [7, 11) is 0. The number of nitrogens with zero attached hydrogens (tertiary/aromatic N) is 2. The van der Waals surface area contributed by atoms with Crippen molar-refractivity contribution in [2.75, 3.05) is 4.90 Å². The fourth-order valence-electron chi connectivity index (χ4n) is 3.84. The Morgan fingerprint density at radius 3 is 2.33 bits per heavy atom. The fourth-order valence-corrected chi connectivity index (χ4v) is 3.84. The van der Waals surface area contributed by atoms with Crippen LogP contribution in [-0.2, 0) is 10.3 Å². The van der Waals surface area contributed by atoms with Gasteiger partial charge in [-0.3, -0.25) is 14.9 Å². The number of rotatable bonds is 5. The smallest absolute Gasteiger partial charge is 0.274 e. The van der Waals surface area contributed by atoms with Crippen molar-refractivity contribution < 1.29 is 9.72 Å². The minimum absolute atomic E-state index is 0.0422. The van der Waals surface area contributed by atoms with Crippen molar-refractivity contribution in [3.63, 3.8) is 0 Å². The number of hydrogen-bond donors (Lipinski definition) is 0. The van der Waals surface area contributed by atoms with Gasteiger partial charge in [0.05, 0.1) is 21.7 Å². The molecule has 0 saturated heterocycles. The Bertz CT molecular complexity index is 752. The lowest BCUT2D eigenvalue weighted by Gasteiger charge is -2.40. The fraction of sp³-hybridized carbons (Fsp3) is 0.316. The number of carbonyl (C=O) groups is 1. The Balaban J connectivity index is 2.15. The molecule has 5 heteroatoms. The second-order valence-electron chi connectivity index (χ2n) is 6.26. The third-order valence-corrected chi connectivity index (χ3v) is 5.04. The quantitative estimate of drug-likeness (QED) is 0.467. The largest absolute Gasteiger partial charge is 0.304 e. The van der Waals surface area contributed by atoms with Gasteiger partial charge in [0.15, 0.2) is 0 Å². The zero-order chi connectivity index (χ0) is 17.2. The third kappa shape index (κ3) is 2.56. The lowest BCUT2D eigenvalue weighted by atomic mass is 9.85. The summed E-state index contributed by atoms with van der Waals surface area (Å²) in [5.74, 6) is 0. The lowest BCUT2D eigenvalue weighted by Crippen LogP contribution is -2.44. The van der Waals surface area contributed by atoms with Crippen LogP contribution in [0.3, 0.4) is 0 Å². The summed E-state index contributed by atoms with van der Waals surface area (Å²) in [6.07, 6.45) is 4.61. The minimum atomic E-state index is -0.428. The van der Waals surface area contributed by atoms with E-state index in [-0.39, 0.29) is 5.69 Å². The minimum Gasteiger partial charge on any atom is -0.304 e. The highest BCUT2D eigenvalue weighted by atomic mass is 16.6. The zero-order valence-electron chi connectivity index (χ0n) is 13.6. The highest BCUT2D eigenvalue weighted by molar-refractivity contribution is 5.81. The van der Waals surface area contributed by atoms with Crippen LogP contribution in [0.4, 0.5) is 11.4 Å². The molecule has 2 aromatic carbocycles. The van der Waals surface area contributed by atoms with Crippen molar-refractivity contribution in [1.29, 1.82) is 0 Å². The van der Waals surface area contributed by atoms with E-state index in [4.69, 9.17) is 0 Å². The van der Waals surface area contributed by atoms with Crippen molar-refractivity contribution >= 4 is 17.8 Å². The topological polar surface area (TPSA) is 63.5 Å². The van der Waals surface area contributed by atoms with Gasteiger partial charge in [0, 0.05) is 6.07 Å². The maximum atomic E-state index is 12.1. The second-order valence-corrected chi connectivity index (χ2v) is 6.26. The highest BCUT2D eigenvalue weighted by Gasteiger charge is 2.42. The average Bonchev–Trinajstić information content (AvgIpc) is 3.08. The normalized spacial score (nSPS) is 15.9. The third-order valence-electron chi connectivity index (χ3n) is 5.04. The SMILES string of the molecule is Cc1c(N(C=O)C2(c3ccccc3)CCCC2)cccc1[N+](=O)[O-]. The van der Waals surface area contributed by atoms with E-state index in [1.807, 2.05) is 30.3 Å². The van der Waals surface area contributed by atoms with Crippen molar-refractivity contribution in [2.45, 2.75) is 38.1 Å².